The smallest absolute Gasteiger partial charge is 0.222 e. The Kier molecular flexibility index (Phi) is 5.32. The molecule has 0 fully saturated rings. The van der Waals surface area contributed by atoms with E-state index in [4.69, 9.17) is 5.73 Å². The molecule has 1 heterocycles. The summed E-state index contributed by atoms with van der Waals surface area (Å²) in [5, 5.41) is 3.04. The van der Waals surface area contributed by atoms with Gasteiger partial charge in [0.25, 0.3) is 0 Å². The molecule has 0 saturated carbocycles. The highest BCUT2D eigenvalue weighted by atomic mass is 35.5. The van der Waals surface area contributed by atoms with Gasteiger partial charge >= 0.3 is 0 Å². The summed E-state index contributed by atoms with van der Waals surface area (Å²) in [6, 6.07) is 2.00. The predicted octanol–water partition coefficient (Wildman–Crippen LogP) is 0.657. The molecule has 0 bridgehead atoms. The Hall–Kier alpha value is -0.870. The second kappa shape index (κ2) is 5.74. The Balaban J connectivity index is 0.00000121. The third-order valence-electron chi connectivity index (χ3n) is 1.29. The standard InChI is InChI=1S/C7H12N4.ClH/c1-6(5-8)11-7-9-3-2-4-10-7;/h2-4,6H,5,8H2,1H3,(H,9,10,11);1H/t6-;/m0./s1. The Morgan fingerprint density at radius 3 is 2.58 bits per heavy atom. The number of nitrogens with zero attached hydrogens (tertiary/aromatic N) is 2. The van der Waals surface area contributed by atoms with Crippen molar-refractivity contribution in [1.82, 2.24) is 9.97 Å². The fourth-order valence-corrected chi connectivity index (χ4v) is 0.653. The van der Waals surface area contributed by atoms with Gasteiger partial charge in [0.15, 0.2) is 0 Å². The van der Waals surface area contributed by atoms with E-state index in [9.17, 15) is 0 Å². The van der Waals surface area contributed by atoms with Crippen LogP contribution in [0.3, 0.4) is 0 Å². The molecule has 1 aromatic heterocycles. The van der Waals surface area contributed by atoms with Crippen molar-refractivity contribution in [2.75, 3.05) is 11.9 Å². The van der Waals surface area contributed by atoms with Crippen molar-refractivity contribution in [3.05, 3.63) is 18.5 Å². The van der Waals surface area contributed by atoms with Crippen LogP contribution in [0.2, 0.25) is 0 Å². The lowest BCUT2D eigenvalue weighted by Gasteiger charge is -2.09. The van der Waals surface area contributed by atoms with Crippen LogP contribution in [-0.4, -0.2) is 22.6 Å². The van der Waals surface area contributed by atoms with Crippen LogP contribution in [0.1, 0.15) is 6.92 Å². The third-order valence-corrected chi connectivity index (χ3v) is 1.29. The molecule has 1 rings (SSSR count). The average Bonchev–Trinajstić information content (AvgIpc) is 2.06. The quantitative estimate of drug-likeness (QED) is 0.732. The largest absolute Gasteiger partial charge is 0.351 e. The number of aromatic nitrogens is 2. The minimum absolute atomic E-state index is 0. The van der Waals surface area contributed by atoms with E-state index in [1.807, 2.05) is 6.92 Å². The molecule has 0 aliphatic carbocycles. The second-order valence-corrected chi connectivity index (χ2v) is 2.35. The number of nitrogens with two attached hydrogens (primary N) is 1. The van der Waals surface area contributed by atoms with Gasteiger partial charge in [-0.25, -0.2) is 9.97 Å². The first kappa shape index (κ1) is 11.1. The van der Waals surface area contributed by atoms with Crippen LogP contribution in [0.15, 0.2) is 18.5 Å². The first-order chi connectivity index (χ1) is 5.33. The molecule has 0 spiro atoms. The zero-order chi connectivity index (χ0) is 8.10. The van der Waals surface area contributed by atoms with Crippen LogP contribution in [0.25, 0.3) is 0 Å². The molecule has 5 heteroatoms. The lowest BCUT2D eigenvalue weighted by molar-refractivity contribution is 0.790. The number of halogens is 1. The molecule has 1 atom stereocenters. The van der Waals surface area contributed by atoms with Crippen LogP contribution in [0, 0.1) is 0 Å². The van der Waals surface area contributed by atoms with E-state index >= 15 is 0 Å². The number of hydrogen-bond acceptors (Lipinski definition) is 4. The van der Waals surface area contributed by atoms with Gasteiger partial charge in [-0.05, 0) is 13.0 Å². The van der Waals surface area contributed by atoms with Gasteiger partial charge in [0.2, 0.25) is 5.95 Å². The van der Waals surface area contributed by atoms with Gasteiger partial charge in [0.05, 0.1) is 0 Å². The molecule has 0 amide bonds. The van der Waals surface area contributed by atoms with Gasteiger partial charge < -0.3 is 11.1 Å². The first-order valence-electron chi connectivity index (χ1n) is 3.56. The minimum atomic E-state index is 0. The van der Waals surface area contributed by atoms with Crippen molar-refractivity contribution in [2.24, 2.45) is 5.73 Å². The maximum atomic E-state index is 5.40. The number of nitrogens with one attached hydrogen (secondary N) is 1. The second-order valence-electron chi connectivity index (χ2n) is 2.35. The van der Waals surface area contributed by atoms with Gasteiger partial charge in [0.1, 0.15) is 0 Å². The average molecular weight is 189 g/mol. The summed E-state index contributed by atoms with van der Waals surface area (Å²) < 4.78 is 0. The van der Waals surface area contributed by atoms with Crippen molar-refractivity contribution in [2.45, 2.75) is 13.0 Å². The Morgan fingerprint density at radius 1 is 1.50 bits per heavy atom. The summed E-state index contributed by atoms with van der Waals surface area (Å²) in [5.41, 5.74) is 5.40. The number of hydrogen-bond donors (Lipinski definition) is 2. The summed E-state index contributed by atoms with van der Waals surface area (Å²) in [5.74, 6) is 0.630. The minimum Gasteiger partial charge on any atom is -0.351 e. The normalized spacial score (nSPS) is 11.5. The maximum absolute atomic E-state index is 5.40. The zero-order valence-corrected chi connectivity index (χ0v) is 7.71. The molecule has 0 aliphatic rings. The Bertz CT molecular complexity index is 204. The highest BCUT2D eigenvalue weighted by Crippen LogP contribution is 1.95. The molecule has 4 nitrogen and oxygen atoms in total. The summed E-state index contributed by atoms with van der Waals surface area (Å²) >= 11 is 0. The summed E-state index contributed by atoms with van der Waals surface area (Å²) in [6.45, 7) is 2.56. The summed E-state index contributed by atoms with van der Waals surface area (Å²) in [6.07, 6.45) is 3.39. The summed E-state index contributed by atoms with van der Waals surface area (Å²) in [4.78, 5) is 7.98. The van der Waals surface area contributed by atoms with E-state index in [0.29, 0.717) is 12.5 Å². The molecule has 0 saturated heterocycles. The molecule has 12 heavy (non-hydrogen) atoms. The molecular formula is C7H13ClN4. The lowest BCUT2D eigenvalue weighted by Crippen LogP contribution is -2.26. The van der Waals surface area contributed by atoms with Crippen molar-refractivity contribution in [1.29, 1.82) is 0 Å². The van der Waals surface area contributed by atoms with Crippen molar-refractivity contribution in [3.63, 3.8) is 0 Å². The Labute approximate surface area is 78.0 Å². The van der Waals surface area contributed by atoms with Crippen molar-refractivity contribution >= 4 is 18.4 Å². The molecular weight excluding hydrogens is 176 g/mol. The Morgan fingerprint density at radius 2 is 2.08 bits per heavy atom. The van der Waals surface area contributed by atoms with E-state index in [1.54, 1.807) is 18.5 Å². The van der Waals surface area contributed by atoms with Gasteiger partial charge in [-0.15, -0.1) is 12.4 Å². The molecule has 1 aromatic rings. The van der Waals surface area contributed by atoms with Crippen molar-refractivity contribution < 1.29 is 0 Å². The molecule has 3 N–H and O–H groups in total. The fraction of sp³-hybridized carbons (Fsp3) is 0.429. The van der Waals surface area contributed by atoms with Crippen LogP contribution in [-0.2, 0) is 0 Å². The highest BCUT2D eigenvalue weighted by molar-refractivity contribution is 5.85. The van der Waals surface area contributed by atoms with Crippen LogP contribution < -0.4 is 11.1 Å². The SMILES string of the molecule is C[C@@H](CN)Nc1ncccn1.Cl. The third kappa shape index (κ3) is 3.50. The predicted molar refractivity (Wildman–Crippen MR) is 51.4 cm³/mol. The maximum Gasteiger partial charge on any atom is 0.222 e. The highest BCUT2D eigenvalue weighted by Gasteiger charge is 1.98. The van der Waals surface area contributed by atoms with E-state index in [0.717, 1.165) is 0 Å². The number of anilines is 1. The van der Waals surface area contributed by atoms with E-state index in [1.165, 1.54) is 0 Å². The fourth-order valence-electron chi connectivity index (χ4n) is 0.653. The van der Waals surface area contributed by atoms with E-state index in [2.05, 4.69) is 15.3 Å². The van der Waals surface area contributed by atoms with Crippen LogP contribution in [0.4, 0.5) is 5.95 Å². The van der Waals surface area contributed by atoms with Gasteiger partial charge in [0, 0.05) is 25.0 Å². The zero-order valence-electron chi connectivity index (χ0n) is 6.90. The molecule has 0 aromatic carbocycles. The molecule has 0 aliphatic heterocycles. The van der Waals surface area contributed by atoms with Gasteiger partial charge in [-0.3, -0.25) is 0 Å². The monoisotopic (exact) mass is 188 g/mol. The van der Waals surface area contributed by atoms with E-state index < -0.39 is 0 Å². The van der Waals surface area contributed by atoms with Gasteiger partial charge in [-0.2, -0.15) is 0 Å². The molecule has 68 valence electrons. The van der Waals surface area contributed by atoms with Crippen LogP contribution >= 0.6 is 12.4 Å². The molecule has 0 radical (unpaired) electrons. The summed E-state index contributed by atoms with van der Waals surface area (Å²) in [7, 11) is 0. The number of rotatable bonds is 3. The topological polar surface area (TPSA) is 63.8 Å². The molecule has 0 unspecified atom stereocenters. The first-order valence-corrected chi connectivity index (χ1v) is 3.56. The van der Waals surface area contributed by atoms with Gasteiger partial charge in [-0.1, -0.05) is 0 Å². The van der Waals surface area contributed by atoms with E-state index in [-0.39, 0.29) is 18.4 Å². The van der Waals surface area contributed by atoms with Crippen molar-refractivity contribution in [3.8, 4) is 0 Å². The lowest BCUT2D eigenvalue weighted by atomic mass is 10.3. The van der Waals surface area contributed by atoms with Crippen LogP contribution in [0.5, 0.6) is 0 Å².